The number of rotatable bonds is 4. The predicted octanol–water partition coefficient (Wildman–Crippen LogP) is 1.04. The maximum atomic E-state index is 5.49. The average molecular weight is 220 g/mol. The Morgan fingerprint density at radius 2 is 2.25 bits per heavy atom. The Hall–Kier alpha value is -1.62. The number of hydrogen-bond acceptors (Lipinski definition) is 4. The predicted molar refractivity (Wildman–Crippen MR) is 60.1 cm³/mol. The van der Waals surface area contributed by atoms with Gasteiger partial charge in [-0.15, -0.1) is 0 Å². The summed E-state index contributed by atoms with van der Waals surface area (Å²) in [4.78, 5) is 0. The third-order valence-electron chi connectivity index (χ3n) is 2.62. The standard InChI is InChI=1S/C11H16N4O/c1-8-11(9(2)16-14-8)7-15-6-10(3-4-12)5-13-15/h5-6H,3-4,7,12H2,1-2H3. The van der Waals surface area contributed by atoms with Crippen molar-refractivity contribution in [3.8, 4) is 0 Å². The van der Waals surface area contributed by atoms with Crippen LogP contribution in [-0.2, 0) is 13.0 Å². The van der Waals surface area contributed by atoms with Crippen LogP contribution < -0.4 is 5.73 Å². The molecule has 0 aliphatic rings. The molecular weight excluding hydrogens is 204 g/mol. The van der Waals surface area contributed by atoms with E-state index in [0.717, 1.165) is 29.0 Å². The van der Waals surface area contributed by atoms with Gasteiger partial charge in [-0.3, -0.25) is 4.68 Å². The third kappa shape index (κ3) is 2.14. The van der Waals surface area contributed by atoms with E-state index in [9.17, 15) is 0 Å². The summed E-state index contributed by atoms with van der Waals surface area (Å²) in [5.41, 5.74) is 8.68. The van der Waals surface area contributed by atoms with Gasteiger partial charge in [0, 0.05) is 11.8 Å². The Morgan fingerprint density at radius 1 is 1.44 bits per heavy atom. The Balaban J connectivity index is 2.14. The van der Waals surface area contributed by atoms with E-state index < -0.39 is 0 Å². The first kappa shape index (κ1) is 10.9. The topological polar surface area (TPSA) is 69.9 Å². The molecule has 2 aromatic heterocycles. The molecular formula is C11H16N4O. The van der Waals surface area contributed by atoms with Gasteiger partial charge in [-0.05, 0) is 32.4 Å². The summed E-state index contributed by atoms with van der Waals surface area (Å²) in [6.07, 6.45) is 4.73. The third-order valence-corrected chi connectivity index (χ3v) is 2.62. The van der Waals surface area contributed by atoms with Crippen LogP contribution in [0.2, 0.25) is 0 Å². The van der Waals surface area contributed by atoms with E-state index >= 15 is 0 Å². The number of aryl methyl sites for hydroxylation is 2. The highest BCUT2D eigenvalue weighted by atomic mass is 16.5. The molecule has 86 valence electrons. The van der Waals surface area contributed by atoms with Crippen LogP contribution in [0.25, 0.3) is 0 Å². The molecule has 0 amide bonds. The van der Waals surface area contributed by atoms with Gasteiger partial charge in [0.1, 0.15) is 5.76 Å². The van der Waals surface area contributed by atoms with Gasteiger partial charge in [-0.1, -0.05) is 5.16 Å². The van der Waals surface area contributed by atoms with E-state index in [4.69, 9.17) is 10.3 Å². The highest BCUT2D eigenvalue weighted by Gasteiger charge is 2.09. The van der Waals surface area contributed by atoms with Gasteiger partial charge in [0.05, 0.1) is 18.4 Å². The Morgan fingerprint density at radius 3 is 2.88 bits per heavy atom. The molecule has 0 spiro atoms. The smallest absolute Gasteiger partial charge is 0.138 e. The minimum atomic E-state index is 0.650. The molecule has 16 heavy (non-hydrogen) atoms. The molecule has 0 aromatic carbocycles. The molecule has 0 radical (unpaired) electrons. The van der Waals surface area contributed by atoms with Crippen LogP contribution in [-0.4, -0.2) is 21.5 Å². The first-order valence-corrected chi connectivity index (χ1v) is 5.34. The van der Waals surface area contributed by atoms with Crippen LogP contribution >= 0.6 is 0 Å². The molecule has 2 heterocycles. The van der Waals surface area contributed by atoms with Gasteiger partial charge in [0.25, 0.3) is 0 Å². The van der Waals surface area contributed by atoms with Crippen LogP contribution in [0.4, 0.5) is 0 Å². The number of aromatic nitrogens is 3. The van der Waals surface area contributed by atoms with Crippen molar-refractivity contribution >= 4 is 0 Å². The van der Waals surface area contributed by atoms with Gasteiger partial charge in [-0.25, -0.2) is 0 Å². The van der Waals surface area contributed by atoms with Gasteiger partial charge < -0.3 is 10.3 Å². The minimum Gasteiger partial charge on any atom is -0.361 e. The van der Waals surface area contributed by atoms with E-state index in [-0.39, 0.29) is 0 Å². The lowest BCUT2D eigenvalue weighted by Crippen LogP contribution is -2.03. The zero-order chi connectivity index (χ0) is 11.5. The highest BCUT2D eigenvalue weighted by Crippen LogP contribution is 2.13. The maximum Gasteiger partial charge on any atom is 0.138 e. The van der Waals surface area contributed by atoms with Gasteiger partial charge in [0.15, 0.2) is 0 Å². The zero-order valence-corrected chi connectivity index (χ0v) is 9.60. The summed E-state index contributed by atoms with van der Waals surface area (Å²) in [7, 11) is 0. The molecule has 0 unspecified atom stereocenters. The van der Waals surface area contributed by atoms with Crippen LogP contribution in [0.15, 0.2) is 16.9 Å². The summed E-state index contributed by atoms with van der Waals surface area (Å²) in [6, 6.07) is 0. The zero-order valence-electron chi connectivity index (χ0n) is 9.60. The van der Waals surface area contributed by atoms with Gasteiger partial charge in [0.2, 0.25) is 0 Å². The Labute approximate surface area is 94.2 Å². The van der Waals surface area contributed by atoms with Crippen LogP contribution in [0.3, 0.4) is 0 Å². The molecule has 2 N–H and O–H groups in total. The fraction of sp³-hybridized carbons (Fsp3) is 0.455. The lowest BCUT2D eigenvalue weighted by molar-refractivity contribution is 0.391. The summed E-state index contributed by atoms with van der Waals surface area (Å²) >= 11 is 0. The summed E-state index contributed by atoms with van der Waals surface area (Å²) in [5, 5.41) is 8.20. The average Bonchev–Trinajstić information content (AvgIpc) is 2.81. The second kappa shape index (κ2) is 4.49. The van der Waals surface area contributed by atoms with Crippen LogP contribution in [0, 0.1) is 13.8 Å². The molecule has 0 aliphatic heterocycles. The maximum absolute atomic E-state index is 5.49. The van der Waals surface area contributed by atoms with Crippen molar-refractivity contribution in [2.45, 2.75) is 26.8 Å². The molecule has 0 fully saturated rings. The molecule has 0 atom stereocenters. The molecule has 0 saturated carbocycles. The fourth-order valence-corrected chi connectivity index (χ4v) is 1.68. The molecule has 0 saturated heterocycles. The normalized spacial score (nSPS) is 10.9. The minimum absolute atomic E-state index is 0.650. The van der Waals surface area contributed by atoms with Crippen LogP contribution in [0.5, 0.6) is 0 Å². The van der Waals surface area contributed by atoms with Crippen molar-refractivity contribution in [1.82, 2.24) is 14.9 Å². The van der Waals surface area contributed by atoms with Crippen molar-refractivity contribution in [1.29, 1.82) is 0 Å². The molecule has 0 bridgehead atoms. The Kier molecular flexibility index (Phi) is 3.05. The molecule has 2 rings (SSSR count). The van der Waals surface area contributed by atoms with E-state index in [1.807, 2.05) is 30.9 Å². The molecule has 5 nitrogen and oxygen atoms in total. The van der Waals surface area contributed by atoms with Gasteiger partial charge >= 0.3 is 0 Å². The van der Waals surface area contributed by atoms with Crippen LogP contribution in [0.1, 0.15) is 22.6 Å². The SMILES string of the molecule is Cc1noc(C)c1Cn1cc(CCN)cn1. The molecule has 0 aliphatic carbocycles. The number of nitrogens with zero attached hydrogens (tertiary/aromatic N) is 3. The lowest BCUT2D eigenvalue weighted by Gasteiger charge is -1.99. The Bertz CT molecular complexity index is 453. The summed E-state index contributed by atoms with van der Waals surface area (Å²) < 4.78 is 7.00. The van der Waals surface area contributed by atoms with Crippen molar-refractivity contribution in [2.24, 2.45) is 5.73 Å². The second-order valence-electron chi connectivity index (χ2n) is 3.89. The van der Waals surface area contributed by atoms with E-state index in [0.29, 0.717) is 13.1 Å². The fourth-order valence-electron chi connectivity index (χ4n) is 1.68. The largest absolute Gasteiger partial charge is 0.361 e. The second-order valence-corrected chi connectivity index (χ2v) is 3.89. The summed E-state index contributed by atoms with van der Waals surface area (Å²) in [6.45, 7) is 5.21. The monoisotopic (exact) mass is 220 g/mol. The van der Waals surface area contributed by atoms with Crippen molar-refractivity contribution in [2.75, 3.05) is 6.54 Å². The van der Waals surface area contributed by atoms with Gasteiger partial charge in [-0.2, -0.15) is 5.10 Å². The number of hydrogen-bond donors (Lipinski definition) is 1. The first-order chi connectivity index (χ1) is 7.70. The molecule has 5 heteroatoms. The quantitative estimate of drug-likeness (QED) is 0.835. The first-order valence-electron chi connectivity index (χ1n) is 5.34. The number of nitrogens with two attached hydrogens (primary N) is 1. The summed E-state index contributed by atoms with van der Waals surface area (Å²) in [5.74, 6) is 0.855. The van der Waals surface area contributed by atoms with E-state index in [1.165, 1.54) is 0 Å². The van der Waals surface area contributed by atoms with E-state index in [2.05, 4.69) is 10.3 Å². The molecule has 2 aromatic rings. The van der Waals surface area contributed by atoms with Crippen molar-refractivity contribution in [3.05, 3.63) is 35.0 Å². The van der Waals surface area contributed by atoms with Crippen molar-refractivity contribution in [3.63, 3.8) is 0 Å². The van der Waals surface area contributed by atoms with Crippen molar-refractivity contribution < 1.29 is 4.52 Å². The highest BCUT2D eigenvalue weighted by molar-refractivity contribution is 5.21. The van der Waals surface area contributed by atoms with E-state index in [1.54, 1.807) is 0 Å². The lowest BCUT2D eigenvalue weighted by atomic mass is 10.2.